The van der Waals surface area contributed by atoms with Crippen LogP contribution in [0.3, 0.4) is 0 Å². The molecule has 6 rings (SSSR count). The zero-order valence-electron chi connectivity index (χ0n) is 20.4. The number of anilines is 1. The number of nitrogens with one attached hydrogen (secondary N) is 1. The summed E-state index contributed by atoms with van der Waals surface area (Å²) in [5.74, 6) is -0.719. The molecule has 0 radical (unpaired) electrons. The first kappa shape index (κ1) is 24.4. The highest BCUT2D eigenvalue weighted by Gasteiger charge is 2.40. The Bertz CT molecular complexity index is 1540. The molecule has 2 aliphatic heterocycles. The molecule has 0 unspecified atom stereocenters. The Morgan fingerprint density at radius 3 is 2.71 bits per heavy atom. The Balaban J connectivity index is 1.34. The minimum Gasteiger partial charge on any atom is -0.341 e. The van der Waals surface area contributed by atoms with E-state index in [1.54, 1.807) is 22.6 Å². The Morgan fingerprint density at radius 2 is 1.95 bits per heavy atom. The van der Waals surface area contributed by atoms with Crippen LogP contribution in [-0.2, 0) is 27.2 Å². The van der Waals surface area contributed by atoms with Crippen molar-refractivity contribution in [2.75, 3.05) is 11.9 Å². The molecule has 0 saturated carbocycles. The van der Waals surface area contributed by atoms with Crippen LogP contribution in [0.4, 0.5) is 10.1 Å². The van der Waals surface area contributed by atoms with Crippen molar-refractivity contribution in [2.24, 2.45) is 0 Å². The van der Waals surface area contributed by atoms with Gasteiger partial charge in [-0.3, -0.25) is 9.59 Å². The van der Waals surface area contributed by atoms with Gasteiger partial charge in [0.25, 0.3) is 5.91 Å². The SMILES string of the molecule is C[C@H]1O[C@@H](c2cn(-c3ccc(Br)cc3)nc2-c2ccc(F)nc2)N(CCc2ccc3c(c2)CC(=O)N3)C1=O. The molecule has 8 nitrogen and oxygen atoms in total. The molecule has 0 spiro atoms. The Labute approximate surface area is 226 Å². The number of benzene rings is 2. The molecule has 2 aromatic carbocycles. The van der Waals surface area contributed by atoms with E-state index in [0.717, 1.165) is 27.0 Å². The van der Waals surface area contributed by atoms with E-state index in [1.807, 2.05) is 48.7 Å². The highest BCUT2D eigenvalue weighted by molar-refractivity contribution is 9.10. The molecule has 4 aromatic rings. The Kier molecular flexibility index (Phi) is 6.29. The summed E-state index contributed by atoms with van der Waals surface area (Å²) in [5.41, 5.74) is 5.50. The molecule has 1 saturated heterocycles. The van der Waals surface area contributed by atoms with Crippen LogP contribution in [0.2, 0.25) is 0 Å². The zero-order valence-corrected chi connectivity index (χ0v) is 22.0. The first-order chi connectivity index (χ1) is 18.4. The zero-order chi connectivity index (χ0) is 26.4. The third kappa shape index (κ3) is 4.61. The number of fused-ring (bicyclic) bond motifs is 1. The average molecular weight is 576 g/mol. The smallest absolute Gasteiger partial charge is 0.253 e. The van der Waals surface area contributed by atoms with E-state index in [9.17, 15) is 14.0 Å². The third-order valence-electron chi connectivity index (χ3n) is 6.78. The van der Waals surface area contributed by atoms with Gasteiger partial charge < -0.3 is 15.0 Å². The molecular weight excluding hydrogens is 553 g/mol. The number of hydrogen-bond donors (Lipinski definition) is 1. The number of aromatic nitrogens is 3. The molecule has 4 heterocycles. The normalized spacial score (nSPS) is 18.7. The van der Waals surface area contributed by atoms with Gasteiger partial charge in [-0.2, -0.15) is 9.49 Å². The largest absolute Gasteiger partial charge is 0.341 e. The van der Waals surface area contributed by atoms with Crippen molar-refractivity contribution in [2.45, 2.75) is 32.1 Å². The number of halogens is 2. The maximum atomic E-state index is 13.6. The lowest BCUT2D eigenvalue weighted by Crippen LogP contribution is -2.32. The van der Waals surface area contributed by atoms with Crippen molar-refractivity contribution in [3.05, 3.63) is 94.1 Å². The van der Waals surface area contributed by atoms with Crippen molar-refractivity contribution in [1.29, 1.82) is 0 Å². The van der Waals surface area contributed by atoms with E-state index in [2.05, 4.69) is 26.2 Å². The second-order valence-electron chi connectivity index (χ2n) is 9.35. The van der Waals surface area contributed by atoms with E-state index < -0.39 is 18.3 Å². The average Bonchev–Trinajstić information content (AvgIpc) is 3.58. The van der Waals surface area contributed by atoms with Gasteiger partial charge in [0.05, 0.1) is 12.1 Å². The van der Waals surface area contributed by atoms with Crippen molar-refractivity contribution in [3.8, 4) is 16.9 Å². The van der Waals surface area contributed by atoms with Gasteiger partial charge in [-0.05, 0) is 66.9 Å². The van der Waals surface area contributed by atoms with E-state index in [0.29, 0.717) is 36.2 Å². The quantitative estimate of drug-likeness (QED) is 0.333. The van der Waals surface area contributed by atoms with Gasteiger partial charge in [0, 0.05) is 40.2 Å². The van der Waals surface area contributed by atoms with Gasteiger partial charge >= 0.3 is 0 Å². The standard InChI is InChI=1S/C28H23BrFN5O3/c1-16-27(37)34(11-10-17-2-8-23-19(12-17)13-25(36)32-23)28(38-16)22-15-35(21-6-4-20(29)5-7-21)33-26(22)18-3-9-24(30)31-14-18/h2-9,12,14-16,28H,10-11,13H2,1H3,(H,32,36)/t16-,28+/m1/s1. The predicted octanol–water partition coefficient (Wildman–Crippen LogP) is 4.82. The number of carbonyl (C=O) groups is 2. The van der Waals surface area contributed by atoms with Crippen LogP contribution in [0.15, 0.2) is 71.5 Å². The minimum absolute atomic E-state index is 0.0141. The number of ether oxygens (including phenoxy) is 1. The fourth-order valence-corrected chi connectivity index (χ4v) is 5.13. The van der Waals surface area contributed by atoms with E-state index >= 15 is 0 Å². The summed E-state index contributed by atoms with van der Waals surface area (Å²) in [6.07, 6.45) is 2.92. The van der Waals surface area contributed by atoms with Crippen LogP contribution >= 0.6 is 15.9 Å². The lowest BCUT2D eigenvalue weighted by Gasteiger charge is -2.23. The molecule has 1 fully saturated rings. The van der Waals surface area contributed by atoms with Gasteiger partial charge in [-0.15, -0.1) is 0 Å². The van der Waals surface area contributed by atoms with Gasteiger partial charge in [0.15, 0.2) is 6.23 Å². The van der Waals surface area contributed by atoms with Crippen molar-refractivity contribution < 1.29 is 18.7 Å². The molecule has 38 heavy (non-hydrogen) atoms. The molecule has 2 aromatic heterocycles. The second kappa shape index (κ2) is 9.77. The van der Waals surface area contributed by atoms with Gasteiger partial charge in [0.1, 0.15) is 11.8 Å². The lowest BCUT2D eigenvalue weighted by molar-refractivity contribution is -0.130. The van der Waals surface area contributed by atoms with Crippen LogP contribution < -0.4 is 5.32 Å². The van der Waals surface area contributed by atoms with Crippen molar-refractivity contribution >= 4 is 33.4 Å². The summed E-state index contributed by atoms with van der Waals surface area (Å²) in [4.78, 5) is 30.4. The van der Waals surface area contributed by atoms with Crippen LogP contribution in [-0.4, -0.2) is 44.1 Å². The topological polar surface area (TPSA) is 89.3 Å². The number of hydrogen-bond acceptors (Lipinski definition) is 5. The summed E-state index contributed by atoms with van der Waals surface area (Å²) < 4.78 is 22.4. The molecule has 10 heteroatoms. The molecular formula is C28H23BrFN5O3. The summed E-state index contributed by atoms with van der Waals surface area (Å²) in [6, 6.07) is 16.4. The summed E-state index contributed by atoms with van der Waals surface area (Å²) in [7, 11) is 0. The molecule has 192 valence electrons. The van der Waals surface area contributed by atoms with Crippen LogP contribution in [0.5, 0.6) is 0 Å². The van der Waals surface area contributed by atoms with Gasteiger partial charge in [-0.25, -0.2) is 9.67 Å². The fourth-order valence-electron chi connectivity index (χ4n) is 4.86. The molecule has 1 N–H and O–H groups in total. The molecule has 2 aliphatic rings. The van der Waals surface area contributed by atoms with Crippen LogP contribution in [0, 0.1) is 5.95 Å². The van der Waals surface area contributed by atoms with Crippen molar-refractivity contribution in [1.82, 2.24) is 19.7 Å². The number of pyridine rings is 1. The molecule has 0 bridgehead atoms. The Morgan fingerprint density at radius 1 is 1.13 bits per heavy atom. The van der Waals surface area contributed by atoms with Crippen molar-refractivity contribution in [3.63, 3.8) is 0 Å². The maximum Gasteiger partial charge on any atom is 0.253 e. The molecule has 2 atom stereocenters. The second-order valence-corrected chi connectivity index (χ2v) is 10.3. The lowest BCUT2D eigenvalue weighted by atomic mass is 10.0. The summed E-state index contributed by atoms with van der Waals surface area (Å²) in [6.45, 7) is 2.15. The third-order valence-corrected chi connectivity index (χ3v) is 7.31. The number of carbonyl (C=O) groups excluding carboxylic acids is 2. The van der Waals surface area contributed by atoms with Crippen LogP contribution in [0.25, 0.3) is 16.9 Å². The minimum atomic E-state index is -0.681. The fraction of sp³-hybridized carbons (Fsp3) is 0.214. The monoisotopic (exact) mass is 575 g/mol. The molecule has 2 amide bonds. The number of rotatable bonds is 6. The number of amides is 2. The first-order valence-corrected chi connectivity index (χ1v) is 13.0. The van der Waals surface area contributed by atoms with E-state index in [4.69, 9.17) is 9.84 Å². The number of nitrogens with zero attached hydrogens (tertiary/aromatic N) is 4. The predicted molar refractivity (Wildman–Crippen MR) is 142 cm³/mol. The van der Waals surface area contributed by atoms with E-state index in [-0.39, 0.29) is 11.8 Å². The van der Waals surface area contributed by atoms with E-state index in [1.165, 1.54) is 12.3 Å². The first-order valence-electron chi connectivity index (χ1n) is 12.2. The highest BCUT2D eigenvalue weighted by atomic mass is 79.9. The summed E-state index contributed by atoms with van der Waals surface area (Å²) >= 11 is 3.45. The summed E-state index contributed by atoms with van der Waals surface area (Å²) in [5, 5.41) is 7.63. The Hall–Kier alpha value is -3.89. The van der Waals surface area contributed by atoms with Gasteiger partial charge in [0.2, 0.25) is 11.9 Å². The highest BCUT2D eigenvalue weighted by Crippen LogP contribution is 2.37. The van der Waals surface area contributed by atoms with Crippen LogP contribution in [0.1, 0.15) is 29.8 Å². The molecule has 0 aliphatic carbocycles. The van der Waals surface area contributed by atoms with Gasteiger partial charge in [-0.1, -0.05) is 28.1 Å². The maximum absolute atomic E-state index is 13.6.